The highest BCUT2D eigenvalue weighted by Gasteiger charge is 2.17. The van der Waals surface area contributed by atoms with E-state index in [1.54, 1.807) is 0 Å². The van der Waals surface area contributed by atoms with Crippen molar-refractivity contribution >= 4 is 5.91 Å². The van der Waals surface area contributed by atoms with Crippen LogP contribution in [0.1, 0.15) is 54.4 Å². The fourth-order valence-electron chi connectivity index (χ4n) is 2.37. The lowest BCUT2D eigenvalue weighted by Gasteiger charge is -2.25. The third-order valence-electron chi connectivity index (χ3n) is 3.73. The predicted octanol–water partition coefficient (Wildman–Crippen LogP) is 2.81. The third kappa shape index (κ3) is 7.00. The molecule has 0 rings (SSSR count). The molecule has 108 valence electrons. The Balaban J connectivity index is 3.92. The lowest BCUT2D eigenvalue weighted by Crippen LogP contribution is -2.41. The summed E-state index contributed by atoms with van der Waals surface area (Å²) in [6.07, 6.45) is 2.01. The molecule has 2 N–H and O–H groups in total. The highest BCUT2D eigenvalue weighted by atomic mass is 16.1. The summed E-state index contributed by atoms with van der Waals surface area (Å²) in [5.41, 5.74) is 0. The Morgan fingerprint density at radius 3 is 1.89 bits per heavy atom. The van der Waals surface area contributed by atoms with Gasteiger partial charge in [-0.3, -0.25) is 4.79 Å². The molecular formula is C15H32N2O. The van der Waals surface area contributed by atoms with E-state index in [1.807, 2.05) is 0 Å². The van der Waals surface area contributed by atoms with Gasteiger partial charge in [0.15, 0.2) is 0 Å². The minimum absolute atomic E-state index is 0.120. The Hall–Kier alpha value is -0.570. The Labute approximate surface area is 113 Å². The van der Waals surface area contributed by atoms with Gasteiger partial charge in [0.1, 0.15) is 0 Å². The molecule has 0 aromatic rings. The van der Waals surface area contributed by atoms with E-state index in [0.29, 0.717) is 30.3 Å². The predicted molar refractivity (Wildman–Crippen MR) is 78.5 cm³/mol. The number of carbonyl (C=O) groups excluding carboxylic acids is 1. The molecule has 0 unspecified atom stereocenters. The molecule has 0 radical (unpaired) electrons. The first-order valence-corrected chi connectivity index (χ1v) is 7.42. The number of hydrogen-bond acceptors (Lipinski definition) is 2. The first-order chi connectivity index (χ1) is 8.42. The van der Waals surface area contributed by atoms with Crippen LogP contribution in [0.15, 0.2) is 0 Å². The van der Waals surface area contributed by atoms with Crippen LogP contribution in [0.5, 0.6) is 0 Å². The molecule has 0 bridgehead atoms. The van der Waals surface area contributed by atoms with Crippen LogP contribution >= 0.6 is 0 Å². The van der Waals surface area contributed by atoms with Crippen LogP contribution in [-0.4, -0.2) is 25.0 Å². The van der Waals surface area contributed by atoms with E-state index in [4.69, 9.17) is 0 Å². The topological polar surface area (TPSA) is 41.1 Å². The first kappa shape index (κ1) is 17.4. The maximum atomic E-state index is 11.7. The average molecular weight is 256 g/mol. The molecule has 0 aromatic heterocycles. The molecule has 0 heterocycles. The van der Waals surface area contributed by atoms with Crippen molar-refractivity contribution in [2.45, 2.75) is 60.4 Å². The van der Waals surface area contributed by atoms with E-state index in [1.165, 1.54) is 0 Å². The van der Waals surface area contributed by atoms with Crippen LogP contribution in [0, 0.1) is 17.8 Å². The van der Waals surface area contributed by atoms with Crippen molar-refractivity contribution < 1.29 is 4.79 Å². The zero-order chi connectivity index (χ0) is 14.1. The molecule has 1 amide bonds. The third-order valence-corrected chi connectivity index (χ3v) is 3.73. The van der Waals surface area contributed by atoms with Crippen molar-refractivity contribution in [3.8, 4) is 0 Å². The molecule has 3 nitrogen and oxygen atoms in total. The fourth-order valence-corrected chi connectivity index (χ4v) is 2.37. The number of carbonyl (C=O) groups is 1. The van der Waals surface area contributed by atoms with Crippen molar-refractivity contribution in [3.05, 3.63) is 0 Å². The monoisotopic (exact) mass is 256 g/mol. The van der Waals surface area contributed by atoms with Crippen molar-refractivity contribution in [1.29, 1.82) is 0 Å². The summed E-state index contributed by atoms with van der Waals surface area (Å²) < 4.78 is 0. The van der Waals surface area contributed by atoms with Crippen LogP contribution in [-0.2, 0) is 4.79 Å². The minimum atomic E-state index is 0.120. The van der Waals surface area contributed by atoms with E-state index in [-0.39, 0.29) is 5.91 Å². The summed E-state index contributed by atoms with van der Waals surface area (Å²) in [5, 5.41) is 6.34. The number of hydrogen-bond donors (Lipinski definition) is 2. The van der Waals surface area contributed by atoms with Gasteiger partial charge in [-0.25, -0.2) is 0 Å². The summed E-state index contributed by atoms with van der Waals surface area (Å²) in [7, 11) is 0. The summed E-state index contributed by atoms with van der Waals surface area (Å²) in [5.74, 6) is 2.06. The number of rotatable bonds is 9. The largest absolute Gasteiger partial charge is 0.352 e. The van der Waals surface area contributed by atoms with Crippen LogP contribution < -0.4 is 10.6 Å². The number of amides is 1. The molecule has 0 spiro atoms. The second kappa shape index (κ2) is 9.37. The van der Waals surface area contributed by atoms with Gasteiger partial charge < -0.3 is 10.6 Å². The first-order valence-electron chi connectivity index (χ1n) is 7.42. The molecular weight excluding hydrogens is 224 g/mol. The van der Waals surface area contributed by atoms with E-state index in [9.17, 15) is 4.79 Å². The Morgan fingerprint density at radius 1 is 1.00 bits per heavy atom. The zero-order valence-electron chi connectivity index (χ0n) is 13.0. The maximum absolute atomic E-state index is 11.7. The van der Waals surface area contributed by atoms with Gasteiger partial charge in [-0.2, -0.15) is 0 Å². The second-order valence-corrected chi connectivity index (χ2v) is 5.86. The Bertz CT molecular complexity index is 215. The van der Waals surface area contributed by atoms with Gasteiger partial charge in [0.2, 0.25) is 5.91 Å². The van der Waals surface area contributed by atoms with Crippen LogP contribution in [0.2, 0.25) is 0 Å². The SMILES string of the molecule is CCC(CC)NC(=O)CNCC(C(C)C)C(C)C. The smallest absolute Gasteiger partial charge is 0.234 e. The maximum Gasteiger partial charge on any atom is 0.234 e. The van der Waals surface area contributed by atoms with Crippen molar-refractivity contribution in [2.24, 2.45) is 17.8 Å². The van der Waals surface area contributed by atoms with Gasteiger partial charge in [0.05, 0.1) is 6.54 Å². The average Bonchev–Trinajstić information content (AvgIpc) is 2.30. The standard InChI is InChI=1S/C15H32N2O/c1-7-13(8-2)17-15(18)10-16-9-14(11(3)4)12(5)6/h11-14,16H,7-10H2,1-6H3,(H,17,18). The van der Waals surface area contributed by atoms with E-state index >= 15 is 0 Å². The summed E-state index contributed by atoms with van der Waals surface area (Å²) >= 11 is 0. The Morgan fingerprint density at radius 2 is 1.50 bits per heavy atom. The molecule has 0 fully saturated rings. The molecule has 0 atom stereocenters. The lowest BCUT2D eigenvalue weighted by molar-refractivity contribution is -0.121. The number of nitrogens with one attached hydrogen (secondary N) is 2. The normalized spacial score (nSPS) is 11.9. The van der Waals surface area contributed by atoms with Crippen molar-refractivity contribution in [2.75, 3.05) is 13.1 Å². The van der Waals surface area contributed by atoms with Crippen LogP contribution in [0.3, 0.4) is 0 Å². The summed E-state index contributed by atoms with van der Waals surface area (Å²) in [6, 6.07) is 0.324. The van der Waals surface area contributed by atoms with Gasteiger partial charge in [-0.15, -0.1) is 0 Å². The van der Waals surface area contributed by atoms with Crippen LogP contribution in [0.4, 0.5) is 0 Å². The molecule has 0 aliphatic rings. The molecule has 0 saturated carbocycles. The van der Waals surface area contributed by atoms with Crippen molar-refractivity contribution in [1.82, 2.24) is 10.6 Å². The van der Waals surface area contributed by atoms with Crippen molar-refractivity contribution in [3.63, 3.8) is 0 Å². The summed E-state index contributed by atoms with van der Waals surface area (Å²) in [4.78, 5) is 11.7. The van der Waals surface area contributed by atoms with Gasteiger partial charge >= 0.3 is 0 Å². The quantitative estimate of drug-likeness (QED) is 0.666. The highest BCUT2D eigenvalue weighted by molar-refractivity contribution is 5.78. The molecule has 0 aromatic carbocycles. The Kier molecular flexibility index (Phi) is 9.08. The van der Waals surface area contributed by atoms with E-state index < -0.39 is 0 Å². The molecule has 0 aliphatic carbocycles. The molecule has 18 heavy (non-hydrogen) atoms. The van der Waals surface area contributed by atoms with Gasteiger partial charge in [0.25, 0.3) is 0 Å². The fraction of sp³-hybridized carbons (Fsp3) is 0.933. The molecule has 0 aliphatic heterocycles. The van der Waals surface area contributed by atoms with Gasteiger partial charge in [-0.1, -0.05) is 41.5 Å². The lowest BCUT2D eigenvalue weighted by atomic mass is 9.85. The zero-order valence-corrected chi connectivity index (χ0v) is 13.0. The second-order valence-electron chi connectivity index (χ2n) is 5.86. The highest BCUT2D eigenvalue weighted by Crippen LogP contribution is 2.19. The van der Waals surface area contributed by atoms with E-state index in [2.05, 4.69) is 52.2 Å². The van der Waals surface area contributed by atoms with Gasteiger partial charge in [0, 0.05) is 6.04 Å². The van der Waals surface area contributed by atoms with Crippen LogP contribution in [0.25, 0.3) is 0 Å². The molecule has 0 saturated heterocycles. The van der Waals surface area contributed by atoms with E-state index in [0.717, 1.165) is 19.4 Å². The molecule has 3 heteroatoms. The summed E-state index contributed by atoms with van der Waals surface area (Å²) in [6.45, 7) is 14.6. The minimum Gasteiger partial charge on any atom is -0.352 e. The van der Waals surface area contributed by atoms with Gasteiger partial charge in [-0.05, 0) is 37.1 Å².